The van der Waals surface area contributed by atoms with Gasteiger partial charge in [0.2, 0.25) is 0 Å². The van der Waals surface area contributed by atoms with Crippen LogP contribution in [-0.4, -0.2) is 51.4 Å². The number of urea groups is 1. The Morgan fingerprint density at radius 2 is 1.60 bits per heavy atom. The number of thiazole rings is 2. The van der Waals surface area contributed by atoms with Crippen LogP contribution in [-0.2, 0) is 35.5 Å². The molecule has 0 bridgehead atoms. The molecule has 2 heterocycles. The highest BCUT2D eigenvalue weighted by atomic mass is 32.1. The van der Waals surface area contributed by atoms with E-state index >= 15 is 0 Å². The number of benzene rings is 2. The SMILES string of the molecule is CC(C)c1nc(CN(C)C(=O)NC(C)(C)C(=O)CC(CCC(Cc2ccccc2)NC(=O)OCc2cncs2)Cc2ccccc2)cs1. The largest absolute Gasteiger partial charge is 0.444 e. The van der Waals surface area contributed by atoms with Crippen LogP contribution >= 0.6 is 22.7 Å². The Labute approximate surface area is 292 Å². The van der Waals surface area contributed by atoms with Crippen LogP contribution in [0.25, 0.3) is 0 Å². The molecule has 11 heteroatoms. The van der Waals surface area contributed by atoms with Gasteiger partial charge in [-0.2, -0.15) is 0 Å². The molecule has 2 N–H and O–H groups in total. The summed E-state index contributed by atoms with van der Waals surface area (Å²) >= 11 is 3.03. The first kappa shape index (κ1) is 36.7. The van der Waals surface area contributed by atoms with Crippen LogP contribution in [0.15, 0.2) is 77.8 Å². The fraction of sp³-hybridized carbons (Fsp3) is 0.432. The summed E-state index contributed by atoms with van der Waals surface area (Å²) in [4.78, 5) is 51.0. The zero-order valence-corrected chi connectivity index (χ0v) is 30.1. The molecule has 0 saturated heterocycles. The van der Waals surface area contributed by atoms with Gasteiger partial charge in [-0.1, -0.05) is 74.5 Å². The van der Waals surface area contributed by atoms with Crippen molar-refractivity contribution in [3.05, 3.63) is 104 Å². The first-order valence-electron chi connectivity index (χ1n) is 16.4. The number of aromatic nitrogens is 2. The molecule has 9 nitrogen and oxygen atoms in total. The van der Waals surface area contributed by atoms with Crippen LogP contribution in [0.5, 0.6) is 0 Å². The van der Waals surface area contributed by atoms with Crippen molar-refractivity contribution in [3.63, 3.8) is 0 Å². The van der Waals surface area contributed by atoms with Crippen molar-refractivity contribution in [1.29, 1.82) is 0 Å². The molecule has 0 radical (unpaired) electrons. The molecule has 2 aromatic carbocycles. The molecule has 4 aromatic rings. The number of nitrogens with zero attached hydrogens (tertiary/aromatic N) is 3. The summed E-state index contributed by atoms with van der Waals surface area (Å²) in [5, 5.41) is 9.04. The Morgan fingerprint density at radius 3 is 2.21 bits per heavy atom. The predicted octanol–water partition coefficient (Wildman–Crippen LogP) is 7.78. The van der Waals surface area contributed by atoms with E-state index in [1.807, 2.05) is 53.9 Å². The van der Waals surface area contributed by atoms with E-state index in [1.54, 1.807) is 48.8 Å². The second-order valence-electron chi connectivity index (χ2n) is 13.1. The van der Waals surface area contributed by atoms with Gasteiger partial charge >= 0.3 is 12.1 Å². The van der Waals surface area contributed by atoms with Gasteiger partial charge < -0.3 is 20.3 Å². The third-order valence-electron chi connectivity index (χ3n) is 8.17. The van der Waals surface area contributed by atoms with Crippen molar-refractivity contribution in [1.82, 2.24) is 25.5 Å². The highest BCUT2D eigenvalue weighted by molar-refractivity contribution is 7.09. The molecular weight excluding hydrogens is 643 g/mol. The number of ether oxygens (including phenoxy) is 1. The van der Waals surface area contributed by atoms with E-state index in [9.17, 15) is 14.4 Å². The van der Waals surface area contributed by atoms with Gasteiger partial charge in [-0.3, -0.25) is 9.78 Å². The van der Waals surface area contributed by atoms with Crippen molar-refractivity contribution >= 4 is 40.6 Å². The third kappa shape index (κ3) is 11.9. The van der Waals surface area contributed by atoms with Crippen molar-refractivity contribution < 1.29 is 19.1 Å². The van der Waals surface area contributed by atoms with Crippen molar-refractivity contribution in [2.24, 2.45) is 5.92 Å². The molecular formula is C37H47N5O4S2. The maximum Gasteiger partial charge on any atom is 0.407 e. The van der Waals surface area contributed by atoms with Crippen LogP contribution in [0.3, 0.4) is 0 Å². The molecule has 0 fully saturated rings. The van der Waals surface area contributed by atoms with E-state index in [4.69, 9.17) is 4.74 Å². The number of carbonyl (C=O) groups excluding carboxylic acids is 3. The summed E-state index contributed by atoms with van der Waals surface area (Å²) in [7, 11) is 1.71. The van der Waals surface area contributed by atoms with Gasteiger partial charge in [-0.15, -0.1) is 22.7 Å². The minimum atomic E-state index is -1.08. The summed E-state index contributed by atoms with van der Waals surface area (Å²) in [5.41, 5.74) is 3.70. The smallest absolute Gasteiger partial charge is 0.407 e. The Morgan fingerprint density at radius 1 is 0.938 bits per heavy atom. The normalized spacial score (nSPS) is 12.7. The standard InChI is InChI=1S/C37H47N5O4S2/c1-26(2)34-39-31(24-47-34)22-42(5)35(44)41-37(3,4)33(43)20-29(18-27-12-8-6-9-13-27)16-17-30(19-28-14-10-7-11-15-28)40-36(45)46-23-32-21-38-25-48-32/h6-15,21,24-26,29-30H,16-20,22-23H2,1-5H3,(H,40,45)(H,41,44). The molecule has 0 spiro atoms. The fourth-order valence-corrected chi connectivity index (χ4v) is 6.70. The second kappa shape index (κ2) is 17.9. The lowest BCUT2D eigenvalue weighted by molar-refractivity contribution is -0.125. The number of hydrogen-bond acceptors (Lipinski definition) is 8. The first-order chi connectivity index (χ1) is 23.0. The third-order valence-corrected chi connectivity index (χ3v) is 10.1. The molecule has 2 atom stereocenters. The van der Waals surface area contributed by atoms with E-state index in [0.717, 1.165) is 26.7 Å². The highest BCUT2D eigenvalue weighted by Gasteiger charge is 2.32. The van der Waals surface area contributed by atoms with Gasteiger partial charge in [-0.05, 0) is 56.6 Å². The molecule has 0 saturated carbocycles. The van der Waals surface area contributed by atoms with E-state index in [0.29, 0.717) is 38.1 Å². The number of hydrogen-bond donors (Lipinski definition) is 2. The van der Waals surface area contributed by atoms with Crippen molar-refractivity contribution in [2.75, 3.05) is 7.05 Å². The molecule has 0 aliphatic heterocycles. The van der Waals surface area contributed by atoms with Gasteiger partial charge in [0.05, 0.1) is 33.2 Å². The van der Waals surface area contributed by atoms with Gasteiger partial charge in [-0.25, -0.2) is 14.6 Å². The van der Waals surface area contributed by atoms with Crippen LogP contribution < -0.4 is 10.6 Å². The Kier molecular flexibility index (Phi) is 13.7. The number of rotatable bonds is 17. The Balaban J connectivity index is 1.41. The predicted molar refractivity (Wildman–Crippen MR) is 192 cm³/mol. The number of carbonyl (C=O) groups is 3. The average molecular weight is 690 g/mol. The summed E-state index contributed by atoms with van der Waals surface area (Å²) in [6.45, 7) is 8.24. The van der Waals surface area contributed by atoms with Gasteiger partial charge in [0, 0.05) is 37.0 Å². The van der Waals surface area contributed by atoms with Gasteiger partial charge in [0.15, 0.2) is 5.78 Å². The monoisotopic (exact) mass is 689 g/mol. The van der Waals surface area contributed by atoms with Gasteiger partial charge in [0.1, 0.15) is 6.61 Å². The van der Waals surface area contributed by atoms with E-state index in [1.165, 1.54) is 11.3 Å². The molecule has 2 unspecified atom stereocenters. The molecule has 4 rings (SSSR count). The molecule has 3 amide bonds. The zero-order chi connectivity index (χ0) is 34.5. The van der Waals surface area contributed by atoms with Crippen molar-refractivity contribution in [2.45, 2.75) is 90.4 Å². The summed E-state index contributed by atoms with van der Waals surface area (Å²) < 4.78 is 5.49. The Hall–Kier alpha value is -4.09. The van der Waals surface area contributed by atoms with Crippen molar-refractivity contribution in [3.8, 4) is 0 Å². The summed E-state index contributed by atoms with van der Waals surface area (Å²) in [5.74, 6) is 0.277. The Bertz CT molecular complexity index is 1580. The summed E-state index contributed by atoms with van der Waals surface area (Å²) in [6, 6.07) is 19.6. The first-order valence-corrected chi connectivity index (χ1v) is 18.1. The quantitative estimate of drug-likeness (QED) is 0.117. The van der Waals surface area contributed by atoms with E-state index in [-0.39, 0.29) is 36.8 Å². The zero-order valence-electron chi connectivity index (χ0n) is 28.5. The molecule has 256 valence electrons. The number of amides is 3. The minimum Gasteiger partial charge on any atom is -0.444 e. The maximum absolute atomic E-state index is 13.8. The van der Waals surface area contributed by atoms with Crippen LogP contribution in [0.4, 0.5) is 9.59 Å². The highest BCUT2D eigenvalue weighted by Crippen LogP contribution is 2.24. The average Bonchev–Trinajstić information content (AvgIpc) is 3.76. The fourth-order valence-electron chi connectivity index (χ4n) is 5.37. The minimum absolute atomic E-state index is 0.00782. The van der Waals surface area contributed by atoms with Crippen LogP contribution in [0.2, 0.25) is 0 Å². The number of Topliss-reactive ketones (excluding diaryl/α,β-unsaturated/α-hetero) is 1. The lowest BCUT2D eigenvalue weighted by atomic mass is 9.84. The molecule has 0 aliphatic carbocycles. The number of alkyl carbamates (subject to hydrolysis) is 1. The lowest BCUT2D eigenvalue weighted by Gasteiger charge is -2.30. The van der Waals surface area contributed by atoms with Crippen LogP contribution in [0, 0.1) is 5.92 Å². The van der Waals surface area contributed by atoms with Gasteiger partial charge in [0.25, 0.3) is 0 Å². The summed E-state index contributed by atoms with van der Waals surface area (Å²) in [6.07, 6.45) is 4.17. The number of ketones is 1. The molecule has 48 heavy (non-hydrogen) atoms. The molecule has 0 aliphatic rings. The second-order valence-corrected chi connectivity index (χ2v) is 14.9. The lowest BCUT2D eigenvalue weighted by Crippen LogP contribution is -2.53. The topological polar surface area (TPSA) is 114 Å². The number of nitrogens with one attached hydrogen (secondary N) is 2. The maximum atomic E-state index is 13.8. The van der Waals surface area contributed by atoms with E-state index < -0.39 is 11.6 Å². The molecule has 2 aromatic heterocycles. The van der Waals surface area contributed by atoms with Crippen LogP contribution in [0.1, 0.15) is 79.6 Å². The van der Waals surface area contributed by atoms with E-state index in [2.05, 4.69) is 46.6 Å².